The van der Waals surface area contributed by atoms with Crippen LogP contribution in [0.5, 0.6) is 0 Å². The highest BCUT2D eigenvalue weighted by Crippen LogP contribution is 2.14. The Morgan fingerprint density at radius 2 is 2.14 bits per heavy atom. The van der Waals surface area contributed by atoms with Crippen LogP contribution in [0.3, 0.4) is 0 Å². The van der Waals surface area contributed by atoms with Gasteiger partial charge < -0.3 is 9.47 Å². The Balaban J connectivity index is 2.83. The van der Waals surface area contributed by atoms with Crippen LogP contribution in [-0.2, 0) is 6.54 Å². The van der Waals surface area contributed by atoms with Crippen LogP contribution in [0.25, 0.3) is 0 Å². The molecule has 0 aliphatic heterocycles. The monoisotopic (exact) mass is 194 g/mol. The van der Waals surface area contributed by atoms with Crippen LogP contribution in [0.1, 0.15) is 24.3 Å². The van der Waals surface area contributed by atoms with E-state index >= 15 is 0 Å². The van der Waals surface area contributed by atoms with Gasteiger partial charge in [0, 0.05) is 18.3 Å². The smallest absolute Gasteiger partial charge is 0.166 e. The molecule has 0 atom stereocenters. The van der Waals surface area contributed by atoms with E-state index in [1.807, 2.05) is 37.0 Å². The second-order valence-corrected chi connectivity index (χ2v) is 4.39. The van der Waals surface area contributed by atoms with Crippen molar-refractivity contribution in [3.05, 3.63) is 24.0 Å². The van der Waals surface area contributed by atoms with Gasteiger partial charge in [-0.2, -0.15) is 0 Å². The lowest BCUT2D eigenvalue weighted by atomic mass is 10.0. The van der Waals surface area contributed by atoms with Crippen molar-refractivity contribution in [1.29, 1.82) is 0 Å². The van der Waals surface area contributed by atoms with Crippen molar-refractivity contribution in [2.45, 2.75) is 25.9 Å². The molecule has 1 aromatic heterocycles. The molecule has 14 heavy (non-hydrogen) atoms. The van der Waals surface area contributed by atoms with E-state index in [9.17, 15) is 4.79 Å². The van der Waals surface area contributed by atoms with Crippen LogP contribution in [0, 0.1) is 0 Å². The van der Waals surface area contributed by atoms with Crippen molar-refractivity contribution in [3.63, 3.8) is 0 Å². The standard InChI is InChI=1S/C11H18N2O/c1-11(2,12(3)4)9-13-7-5-6-10(13)8-14/h5-8H,9H2,1-4H3. The Bertz CT molecular complexity index is 313. The van der Waals surface area contributed by atoms with E-state index < -0.39 is 0 Å². The number of hydrogen-bond donors (Lipinski definition) is 0. The van der Waals surface area contributed by atoms with Crippen molar-refractivity contribution in [2.24, 2.45) is 0 Å². The third-order valence-corrected chi connectivity index (χ3v) is 2.75. The summed E-state index contributed by atoms with van der Waals surface area (Å²) in [4.78, 5) is 12.9. The summed E-state index contributed by atoms with van der Waals surface area (Å²) < 4.78 is 1.98. The zero-order chi connectivity index (χ0) is 10.8. The maximum absolute atomic E-state index is 10.7. The van der Waals surface area contributed by atoms with Gasteiger partial charge >= 0.3 is 0 Å². The Kier molecular flexibility index (Phi) is 3.11. The molecule has 0 radical (unpaired) electrons. The molecule has 0 amide bonds. The van der Waals surface area contributed by atoms with E-state index in [0.717, 1.165) is 18.5 Å². The van der Waals surface area contributed by atoms with E-state index in [0.29, 0.717) is 0 Å². The zero-order valence-electron chi connectivity index (χ0n) is 9.32. The molecule has 0 spiro atoms. The Morgan fingerprint density at radius 3 is 2.64 bits per heavy atom. The predicted octanol–water partition coefficient (Wildman–Crippen LogP) is 1.64. The molecule has 0 aromatic carbocycles. The van der Waals surface area contributed by atoms with Gasteiger partial charge in [-0.1, -0.05) is 0 Å². The molecule has 0 unspecified atom stereocenters. The largest absolute Gasteiger partial charge is 0.344 e. The summed E-state index contributed by atoms with van der Waals surface area (Å²) in [6.07, 6.45) is 2.83. The lowest BCUT2D eigenvalue weighted by molar-refractivity contribution is 0.110. The van der Waals surface area contributed by atoms with Gasteiger partial charge in [-0.15, -0.1) is 0 Å². The van der Waals surface area contributed by atoms with Gasteiger partial charge in [0.2, 0.25) is 0 Å². The first-order chi connectivity index (χ1) is 6.47. The lowest BCUT2D eigenvalue weighted by Crippen LogP contribution is -2.42. The van der Waals surface area contributed by atoms with E-state index in [1.165, 1.54) is 0 Å². The summed E-state index contributed by atoms with van der Waals surface area (Å²) in [6, 6.07) is 3.73. The fourth-order valence-corrected chi connectivity index (χ4v) is 1.24. The fourth-order valence-electron chi connectivity index (χ4n) is 1.24. The topological polar surface area (TPSA) is 25.2 Å². The molecular formula is C11H18N2O. The quantitative estimate of drug-likeness (QED) is 0.681. The van der Waals surface area contributed by atoms with Crippen molar-refractivity contribution in [1.82, 2.24) is 9.47 Å². The molecule has 1 rings (SSSR count). The number of carbonyl (C=O) groups is 1. The fraction of sp³-hybridized carbons (Fsp3) is 0.545. The van der Waals surface area contributed by atoms with Crippen molar-refractivity contribution >= 4 is 6.29 Å². The van der Waals surface area contributed by atoms with Crippen LogP contribution in [0.2, 0.25) is 0 Å². The van der Waals surface area contributed by atoms with E-state index in [2.05, 4.69) is 18.7 Å². The number of aldehydes is 1. The van der Waals surface area contributed by atoms with Gasteiger partial charge in [0.15, 0.2) is 6.29 Å². The minimum Gasteiger partial charge on any atom is -0.344 e. The van der Waals surface area contributed by atoms with Crippen molar-refractivity contribution in [3.8, 4) is 0 Å². The van der Waals surface area contributed by atoms with Crippen LogP contribution in [0.4, 0.5) is 0 Å². The van der Waals surface area contributed by atoms with Crippen LogP contribution >= 0.6 is 0 Å². The molecule has 0 bridgehead atoms. The van der Waals surface area contributed by atoms with Crippen molar-refractivity contribution in [2.75, 3.05) is 14.1 Å². The average molecular weight is 194 g/mol. The molecule has 1 heterocycles. The van der Waals surface area contributed by atoms with Gasteiger partial charge in [0.25, 0.3) is 0 Å². The van der Waals surface area contributed by atoms with Crippen LogP contribution < -0.4 is 0 Å². The second kappa shape index (κ2) is 3.96. The highest BCUT2D eigenvalue weighted by Gasteiger charge is 2.21. The molecule has 0 N–H and O–H groups in total. The Labute approximate surface area is 85.3 Å². The second-order valence-electron chi connectivity index (χ2n) is 4.39. The van der Waals surface area contributed by atoms with E-state index in [1.54, 1.807) is 0 Å². The summed E-state index contributed by atoms with van der Waals surface area (Å²) in [5.41, 5.74) is 0.788. The molecular weight excluding hydrogens is 176 g/mol. The maximum atomic E-state index is 10.7. The molecule has 0 aliphatic rings. The van der Waals surface area contributed by atoms with Crippen LogP contribution in [0.15, 0.2) is 18.3 Å². The minimum atomic E-state index is 0.0524. The number of aromatic nitrogens is 1. The average Bonchev–Trinajstić information content (AvgIpc) is 2.50. The molecule has 0 saturated heterocycles. The first-order valence-electron chi connectivity index (χ1n) is 4.75. The first-order valence-corrected chi connectivity index (χ1v) is 4.75. The first kappa shape index (κ1) is 11.0. The number of hydrogen-bond acceptors (Lipinski definition) is 2. The summed E-state index contributed by atoms with van der Waals surface area (Å²) >= 11 is 0. The molecule has 3 nitrogen and oxygen atoms in total. The van der Waals surface area contributed by atoms with Gasteiger partial charge in [-0.05, 0) is 40.1 Å². The normalized spacial score (nSPS) is 12.1. The maximum Gasteiger partial charge on any atom is 0.166 e. The number of carbonyl (C=O) groups excluding carboxylic acids is 1. The molecule has 1 aromatic rings. The lowest BCUT2D eigenvalue weighted by Gasteiger charge is -2.33. The molecule has 0 aliphatic carbocycles. The van der Waals surface area contributed by atoms with Crippen molar-refractivity contribution < 1.29 is 4.79 Å². The van der Waals surface area contributed by atoms with E-state index in [-0.39, 0.29) is 5.54 Å². The Hall–Kier alpha value is -1.09. The third-order valence-electron chi connectivity index (χ3n) is 2.75. The van der Waals surface area contributed by atoms with E-state index in [4.69, 9.17) is 0 Å². The predicted molar refractivity (Wildman–Crippen MR) is 57.6 cm³/mol. The molecule has 0 fully saturated rings. The van der Waals surface area contributed by atoms with Gasteiger partial charge in [-0.3, -0.25) is 4.79 Å². The summed E-state index contributed by atoms with van der Waals surface area (Å²) in [5, 5.41) is 0. The summed E-state index contributed by atoms with van der Waals surface area (Å²) in [5.74, 6) is 0. The van der Waals surface area contributed by atoms with Gasteiger partial charge in [0.1, 0.15) is 0 Å². The molecule has 78 valence electrons. The third kappa shape index (κ3) is 2.23. The number of rotatable bonds is 4. The highest BCUT2D eigenvalue weighted by atomic mass is 16.1. The summed E-state index contributed by atoms with van der Waals surface area (Å²) in [6.45, 7) is 5.13. The highest BCUT2D eigenvalue weighted by molar-refractivity contribution is 5.72. The Morgan fingerprint density at radius 1 is 1.50 bits per heavy atom. The number of likely N-dealkylation sites (N-methyl/N-ethyl adjacent to an activating group) is 1. The number of nitrogens with zero attached hydrogens (tertiary/aromatic N) is 2. The zero-order valence-corrected chi connectivity index (χ0v) is 9.32. The SMILES string of the molecule is CN(C)C(C)(C)Cn1cccc1C=O. The molecule has 0 saturated carbocycles. The van der Waals surface area contributed by atoms with Crippen LogP contribution in [-0.4, -0.2) is 35.4 Å². The molecule has 3 heteroatoms. The van der Waals surface area contributed by atoms with Gasteiger partial charge in [-0.25, -0.2) is 0 Å². The minimum absolute atomic E-state index is 0.0524. The van der Waals surface area contributed by atoms with Gasteiger partial charge in [0.05, 0.1) is 5.69 Å². The summed E-state index contributed by atoms with van der Waals surface area (Å²) in [7, 11) is 4.09.